The van der Waals surface area contributed by atoms with E-state index in [1.165, 1.54) is 19.1 Å². The first-order valence-electron chi connectivity index (χ1n) is 17.0. The van der Waals surface area contributed by atoms with E-state index in [1.54, 1.807) is 49.5 Å². The molecule has 3 aliphatic heterocycles. The van der Waals surface area contributed by atoms with Gasteiger partial charge in [0, 0.05) is 56.4 Å². The molecular weight excluding hydrogens is 639 g/mol. The van der Waals surface area contributed by atoms with Crippen molar-refractivity contribution >= 4 is 42.4 Å². The normalized spacial score (nSPS) is 21.7. The number of carbonyl (C=O) groups is 4. The lowest BCUT2D eigenvalue weighted by Gasteiger charge is -2.33. The van der Waals surface area contributed by atoms with Gasteiger partial charge in [-0.15, -0.1) is 0 Å². The van der Waals surface area contributed by atoms with E-state index in [2.05, 4.69) is 20.5 Å². The highest BCUT2D eigenvalue weighted by Gasteiger charge is 2.47. The Morgan fingerprint density at radius 1 is 1.00 bits per heavy atom. The van der Waals surface area contributed by atoms with E-state index in [0.717, 1.165) is 32.5 Å². The molecule has 2 N–H and O–H groups in total. The monoisotopic (exact) mass is 682 g/mol. The number of ether oxygens (including phenoxy) is 3. The maximum absolute atomic E-state index is 13.6. The number of Topliss-reactive ketones (excluding diaryl/α,β-unsaturated/α-hetero) is 1. The number of methoxy groups -OCH3 is 2. The highest BCUT2D eigenvalue weighted by atomic mass is 16.5. The number of hydrogen-bond donors (Lipinski definition) is 2. The molecule has 6 rings (SSSR count). The number of amides is 3. The van der Waals surface area contributed by atoms with Gasteiger partial charge in [0.15, 0.2) is 25.3 Å². The number of nitrogens with zero attached hydrogens (tertiary/aromatic N) is 4. The number of aromatic nitrogens is 1. The van der Waals surface area contributed by atoms with E-state index in [0.29, 0.717) is 70.8 Å². The maximum Gasteiger partial charge on any atom is 0.312 e. The molecule has 2 aromatic carbocycles. The molecule has 14 heteroatoms. The predicted molar refractivity (Wildman–Crippen MR) is 186 cm³/mol. The van der Waals surface area contributed by atoms with Crippen molar-refractivity contribution in [3.63, 3.8) is 0 Å². The molecule has 262 valence electrons. The van der Waals surface area contributed by atoms with Crippen LogP contribution in [0.1, 0.15) is 48.5 Å². The zero-order chi connectivity index (χ0) is 35.4. The van der Waals surface area contributed by atoms with Crippen molar-refractivity contribution in [2.45, 2.75) is 56.8 Å². The van der Waals surface area contributed by atoms with Crippen LogP contribution in [0.25, 0.3) is 10.9 Å². The topological polar surface area (TPSA) is 143 Å². The van der Waals surface area contributed by atoms with Crippen LogP contribution in [0.4, 0.5) is 0 Å². The Morgan fingerprint density at radius 3 is 2.56 bits per heavy atom. The smallest absolute Gasteiger partial charge is 0.312 e. The summed E-state index contributed by atoms with van der Waals surface area (Å²) in [5.74, 6) is -0.763. The SMILES string of the molecule is [B]N1C[C@H]2C[C@@H]1CN2CCCOc1ccc2nccc(C(=O)NCC(=O)[C@@]3(C)CCCN3C(=O)C(=O)NCc3ccc(OC)c(OC)c3)c2c1. The molecule has 0 saturated carbocycles. The summed E-state index contributed by atoms with van der Waals surface area (Å²) < 4.78 is 16.6. The van der Waals surface area contributed by atoms with Gasteiger partial charge >= 0.3 is 11.8 Å². The minimum atomic E-state index is -1.25. The van der Waals surface area contributed by atoms with Gasteiger partial charge in [0.1, 0.15) is 11.3 Å². The molecule has 3 fully saturated rings. The van der Waals surface area contributed by atoms with Gasteiger partial charge in [-0.1, -0.05) is 6.07 Å². The van der Waals surface area contributed by atoms with E-state index < -0.39 is 23.3 Å². The standard InChI is InChI=1S/C36H43BN6O7/c1-36(11-4-14-42(36)35(47)34(46)39-19-23-6-9-30(48-2)31(16-23)49-3)32(44)20-40-33(45)27-10-12-38-29-8-7-26(18-28(27)29)50-15-5-13-41-21-25-17-24(41)22-43(25)37/h6-10,12,16,18,24-25H,4-5,11,13-15,17,19-22H2,1-3H3,(H,39,46)(H,40,45)/t24-,25-,36-/m1/s1. The highest BCUT2D eigenvalue weighted by molar-refractivity contribution is 6.35. The van der Waals surface area contributed by atoms with E-state index in [-0.39, 0.29) is 25.4 Å². The fourth-order valence-corrected chi connectivity index (χ4v) is 7.32. The Labute approximate surface area is 293 Å². The molecule has 2 radical (unpaired) electrons. The molecule has 3 aromatic rings. The van der Waals surface area contributed by atoms with Crippen LogP contribution in [0.2, 0.25) is 0 Å². The number of fused-ring (bicyclic) bond motifs is 3. The van der Waals surface area contributed by atoms with E-state index in [4.69, 9.17) is 22.2 Å². The Bertz CT molecular complexity index is 1770. The third-order valence-electron chi connectivity index (χ3n) is 10.2. The van der Waals surface area contributed by atoms with Crippen LogP contribution in [-0.2, 0) is 20.9 Å². The molecule has 50 heavy (non-hydrogen) atoms. The number of carbonyl (C=O) groups excluding carboxylic acids is 4. The van der Waals surface area contributed by atoms with Gasteiger partial charge in [0.05, 0.1) is 38.5 Å². The lowest BCUT2D eigenvalue weighted by Crippen LogP contribution is -2.56. The van der Waals surface area contributed by atoms with Crippen LogP contribution in [0, 0.1) is 0 Å². The number of likely N-dealkylation sites (tertiary alicyclic amines) is 2. The van der Waals surface area contributed by atoms with Crippen LogP contribution < -0.4 is 24.8 Å². The van der Waals surface area contributed by atoms with Crippen LogP contribution in [0.15, 0.2) is 48.7 Å². The summed E-state index contributed by atoms with van der Waals surface area (Å²) in [6.07, 6.45) is 4.46. The Balaban J connectivity index is 1.02. The zero-order valence-corrected chi connectivity index (χ0v) is 28.8. The first-order chi connectivity index (χ1) is 24.1. The summed E-state index contributed by atoms with van der Waals surface area (Å²) in [6.45, 7) is 5.04. The van der Waals surface area contributed by atoms with Crippen molar-refractivity contribution in [3.05, 3.63) is 59.8 Å². The first kappa shape index (κ1) is 35.2. The lowest BCUT2D eigenvalue weighted by atomic mass is 9.92. The second-order valence-corrected chi connectivity index (χ2v) is 13.3. The van der Waals surface area contributed by atoms with E-state index >= 15 is 0 Å². The molecule has 3 aliphatic rings. The Morgan fingerprint density at radius 2 is 1.82 bits per heavy atom. The summed E-state index contributed by atoms with van der Waals surface area (Å²) in [6, 6.07) is 13.2. The lowest BCUT2D eigenvalue weighted by molar-refractivity contribution is -0.151. The van der Waals surface area contributed by atoms with Gasteiger partial charge in [0.25, 0.3) is 5.91 Å². The molecule has 1 aromatic heterocycles. The molecule has 3 saturated heterocycles. The molecule has 4 heterocycles. The summed E-state index contributed by atoms with van der Waals surface area (Å²) in [5, 5.41) is 5.97. The molecule has 3 atom stereocenters. The number of nitrogens with one attached hydrogen (secondary N) is 2. The molecule has 13 nitrogen and oxygen atoms in total. The number of hydrogen-bond acceptors (Lipinski definition) is 10. The van der Waals surface area contributed by atoms with Gasteiger partial charge < -0.3 is 34.6 Å². The van der Waals surface area contributed by atoms with Crippen molar-refractivity contribution in [3.8, 4) is 17.2 Å². The molecule has 3 amide bonds. The Kier molecular flexibility index (Phi) is 10.6. The molecule has 0 spiro atoms. The van der Waals surface area contributed by atoms with Gasteiger partial charge in [-0.3, -0.25) is 29.1 Å². The second-order valence-electron chi connectivity index (χ2n) is 13.3. The minimum Gasteiger partial charge on any atom is -0.494 e. The number of piperazine rings is 1. The van der Waals surface area contributed by atoms with Gasteiger partial charge in [-0.05, 0) is 74.6 Å². The summed E-state index contributed by atoms with van der Waals surface area (Å²) in [4.78, 5) is 63.2. The highest BCUT2D eigenvalue weighted by Crippen LogP contribution is 2.31. The second kappa shape index (κ2) is 15.1. The minimum absolute atomic E-state index is 0.0831. The van der Waals surface area contributed by atoms with Crippen molar-refractivity contribution in [1.82, 2.24) is 30.2 Å². The molecule has 0 unspecified atom stereocenters. The van der Waals surface area contributed by atoms with Crippen molar-refractivity contribution in [2.75, 3.05) is 53.6 Å². The number of ketones is 1. The number of rotatable bonds is 13. The van der Waals surface area contributed by atoms with Crippen LogP contribution in [0.5, 0.6) is 17.2 Å². The van der Waals surface area contributed by atoms with E-state index in [1.807, 2.05) is 10.9 Å². The summed E-state index contributed by atoms with van der Waals surface area (Å²) in [5.41, 5.74) is 0.439. The number of benzene rings is 2. The van der Waals surface area contributed by atoms with Crippen LogP contribution in [-0.4, -0.2) is 122 Å². The van der Waals surface area contributed by atoms with Gasteiger partial charge in [-0.25, -0.2) is 0 Å². The molecular formula is C36H43BN6O7. The van der Waals surface area contributed by atoms with Crippen molar-refractivity contribution in [2.24, 2.45) is 0 Å². The maximum atomic E-state index is 13.6. The summed E-state index contributed by atoms with van der Waals surface area (Å²) >= 11 is 0. The quantitative estimate of drug-likeness (QED) is 0.156. The van der Waals surface area contributed by atoms with E-state index in [9.17, 15) is 19.2 Å². The summed E-state index contributed by atoms with van der Waals surface area (Å²) in [7, 11) is 9.06. The predicted octanol–water partition coefficient (Wildman–Crippen LogP) is 1.86. The zero-order valence-electron chi connectivity index (χ0n) is 28.8. The van der Waals surface area contributed by atoms with Gasteiger partial charge in [-0.2, -0.15) is 0 Å². The molecule has 0 aliphatic carbocycles. The van der Waals surface area contributed by atoms with Crippen molar-refractivity contribution in [1.29, 1.82) is 0 Å². The average molecular weight is 683 g/mol. The third kappa shape index (κ3) is 7.27. The first-order valence-corrected chi connectivity index (χ1v) is 17.0. The fraction of sp³-hybridized carbons (Fsp3) is 0.472. The van der Waals surface area contributed by atoms with Gasteiger partial charge in [0.2, 0.25) is 0 Å². The Hall–Kier alpha value is -4.69. The largest absolute Gasteiger partial charge is 0.494 e. The third-order valence-corrected chi connectivity index (χ3v) is 10.2. The fourth-order valence-electron chi connectivity index (χ4n) is 7.32. The average Bonchev–Trinajstić information content (AvgIpc) is 3.84. The number of pyridine rings is 1. The van der Waals surface area contributed by atoms with Crippen molar-refractivity contribution < 1.29 is 33.4 Å². The van der Waals surface area contributed by atoms with Crippen LogP contribution in [0.3, 0.4) is 0 Å². The van der Waals surface area contributed by atoms with Crippen LogP contribution >= 0.6 is 0 Å². The molecule has 2 bridgehead atoms.